The minimum absolute atomic E-state index is 0.102. The van der Waals surface area contributed by atoms with E-state index in [2.05, 4.69) is 184 Å². The minimum Gasteiger partial charge on any atom is -0.394 e. The van der Waals surface area contributed by atoms with E-state index in [1.54, 1.807) is 24.8 Å². The molecule has 128 heavy (non-hydrogen) atoms. The summed E-state index contributed by atoms with van der Waals surface area (Å²) >= 11 is 5.77. The average molecular weight is 1810 g/mol. The summed E-state index contributed by atoms with van der Waals surface area (Å²) < 4.78 is 32.6. The molecule has 1 atom stereocenters. The van der Waals surface area contributed by atoms with Gasteiger partial charge in [0, 0.05) is 127 Å². The molecule has 2 aliphatic carbocycles. The third-order valence-corrected chi connectivity index (χ3v) is 27.7. The highest BCUT2D eigenvalue weighted by molar-refractivity contribution is 7.11. The molecule has 10 N–H and O–H groups in total. The fraction of sp³-hybridized carbons (Fsp3) is 0.461. The van der Waals surface area contributed by atoms with Gasteiger partial charge in [0.2, 0.25) is 0 Å². The van der Waals surface area contributed by atoms with Gasteiger partial charge in [-0.1, -0.05) is 66.2 Å². The lowest BCUT2D eigenvalue weighted by Crippen LogP contribution is -2.52. The smallest absolute Gasteiger partial charge is 0.180 e. The van der Waals surface area contributed by atoms with Gasteiger partial charge in [-0.2, -0.15) is 37.9 Å². The van der Waals surface area contributed by atoms with Gasteiger partial charge in [-0.05, 0) is 196 Å². The van der Waals surface area contributed by atoms with Crippen molar-refractivity contribution in [3.05, 3.63) is 169 Å². The third-order valence-electron chi connectivity index (χ3n) is 24.7. The highest BCUT2D eigenvalue weighted by atomic mass is 32.1. The van der Waals surface area contributed by atoms with Gasteiger partial charge in [0.1, 0.15) is 20.0 Å². The lowest BCUT2D eigenvalue weighted by atomic mass is 9.80. The van der Waals surface area contributed by atoms with Crippen LogP contribution in [0.25, 0.3) is 67.6 Å². The number of aliphatic hydroxyl groups excluding tert-OH is 2. The molecule has 3 aliphatic rings. The number of piperidine rings is 1. The second-order valence-electron chi connectivity index (χ2n) is 33.9. The topological polar surface area (TPSA) is 398 Å². The molecule has 674 valence electrons. The van der Waals surface area contributed by atoms with Crippen molar-refractivity contribution in [2.45, 2.75) is 215 Å². The van der Waals surface area contributed by atoms with Crippen molar-refractivity contribution < 1.29 is 14.9 Å². The molecule has 19 rings (SSSR count). The van der Waals surface area contributed by atoms with E-state index in [9.17, 15) is 10.2 Å². The number of hydrogen-bond acceptors (Lipinski definition) is 31. The van der Waals surface area contributed by atoms with E-state index in [-0.39, 0.29) is 29.8 Å². The number of nitrogens with zero attached hydrogens (tertiary/aromatic N) is 24. The molecule has 1 saturated heterocycles. The van der Waals surface area contributed by atoms with Crippen LogP contribution in [0.1, 0.15) is 184 Å². The van der Waals surface area contributed by atoms with Crippen molar-refractivity contribution in [2.24, 2.45) is 0 Å². The van der Waals surface area contributed by atoms with Crippen molar-refractivity contribution in [1.82, 2.24) is 135 Å². The molecule has 1 aliphatic heterocycles. The molecule has 0 aromatic carbocycles. The fourth-order valence-corrected chi connectivity index (χ4v) is 20.3. The highest BCUT2D eigenvalue weighted by Gasteiger charge is 2.40. The lowest BCUT2D eigenvalue weighted by molar-refractivity contribution is -0.00230. The number of nitrogens with one attached hydrogen (secondary N) is 8. The SMILES string of the molecule is CCCN(Cc1cc(Nc2nc(C)cn3c(-c4cn[nH]c4)cnc23)sn1)C(C)(C)CC.CCN(Cc1cc(Nc2nc(C)cn3c(-c4cn[nH]c4)cnc23)sn1)C1(CO)CCCC1.CCN(Cc1cc(Nc2nc(C)cn3c(-c4cn[nH]c4)cnc23)sn1)C1(CO)CCCCC1.CCOC[C@H]1CCCCN1Cc1cc(Nc2nc(C)cn3c(-c4cn[nH]c4)cnc23)sn1. The summed E-state index contributed by atoms with van der Waals surface area (Å²) in [7, 11) is 0. The van der Waals surface area contributed by atoms with Gasteiger partial charge in [-0.15, -0.1) is 0 Å². The molecule has 0 radical (unpaired) electrons. The Kier molecular flexibility index (Phi) is 28.9. The molecule has 17 heterocycles. The molecule has 3 fully saturated rings. The van der Waals surface area contributed by atoms with Crippen molar-refractivity contribution in [3.8, 4) is 45.0 Å². The van der Waals surface area contributed by atoms with Crippen LogP contribution in [0.5, 0.6) is 0 Å². The average Bonchev–Trinajstić information content (AvgIpc) is 1.71. The normalized spacial score (nSPS) is 15.3. The summed E-state index contributed by atoms with van der Waals surface area (Å²) in [5, 5.41) is 65.5. The highest BCUT2D eigenvalue weighted by Crippen LogP contribution is 2.40. The number of aryl methyl sites for hydroxylation is 4. The molecule has 16 aromatic heterocycles. The number of ether oxygens (including phenoxy) is 1. The molecule has 0 unspecified atom stereocenters. The number of aromatic nitrogens is 24. The molecule has 0 amide bonds. The zero-order valence-electron chi connectivity index (χ0n) is 74.7. The van der Waals surface area contributed by atoms with Crippen molar-refractivity contribution in [1.29, 1.82) is 0 Å². The maximum absolute atomic E-state index is 10.2. The molecule has 39 heteroatoms. The van der Waals surface area contributed by atoms with E-state index in [1.807, 2.05) is 120 Å². The summed E-state index contributed by atoms with van der Waals surface area (Å²) in [6.07, 6.45) is 46.0. The van der Waals surface area contributed by atoms with E-state index in [4.69, 9.17) is 32.8 Å². The Bertz CT molecular complexity index is 6200. The van der Waals surface area contributed by atoms with Gasteiger partial charge in [0.25, 0.3) is 0 Å². The monoisotopic (exact) mass is 1810 g/mol. The quantitative estimate of drug-likeness (QED) is 0.0183. The number of rotatable bonds is 33. The first-order chi connectivity index (χ1) is 62.3. The molecule has 0 spiro atoms. The second-order valence-corrected chi connectivity index (χ2v) is 37.1. The van der Waals surface area contributed by atoms with Crippen LogP contribution < -0.4 is 21.3 Å². The van der Waals surface area contributed by atoms with Crippen LogP contribution in [0, 0.1) is 27.7 Å². The van der Waals surface area contributed by atoms with E-state index < -0.39 is 0 Å². The predicted octanol–water partition coefficient (Wildman–Crippen LogP) is 16.9. The molecule has 16 aromatic rings. The van der Waals surface area contributed by atoms with E-state index >= 15 is 0 Å². The van der Waals surface area contributed by atoms with Gasteiger partial charge in [0.15, 0.2) is 45.9 Å². The number of anilines is 8. The van der Waals surface area contributed by atoms with Gasteiger partial charge in [0.05, 0.1) is 138 Å². The number of aliphatic hydroxyl groups is 2. The first-order valence-corrected chi connectivity index (χ1v) is 47.5. The molecule has 35 nitrogen and oxygen atoms in total. The van der Waals surface area contributed by atoms with Crippen LogP contribution in [0.3, 0.4) is 0 Å². The zero-order chi connectivity index (χ0) is 88.9. The van der Waals surface area contributed by atoms with Crippen molar-refractivity contribution in [2.75, 3.05) is 73.9 Å². The van der Waals surface area contributed by atoms with Gasteiger partial charge in [-0.25, -0.2) is 39.9 Å². The van der Waals surface area contributed by atoms with Crippen molar-refractivity contribution >= 4 is 112 Å². The van der Waals surface area contributed by atoms with Gasteiger partial charge >= 0.3 is 0 Å². The fourth-order valence-electron chi connectivity index (χ4n) is 17.7. The summed E-state index contributed by atoms with van der Waals surface area (Å²) in [6, 6.07) is 8.89. The minimum atomic E-state index is -0.117. The Morgan fingerprint density at radius 2 is 0.812 bits per heavy atom. The summed E-state index contributed by atoms with van der Waals surface area (Å²) in [5.41, 5.74) is 18.5. The molecule has 0 bridgehead atoms. The van der Waals surface area contributed by atoms with E-state index in [0.717, 1.165) is 249 Å². The van der Waals surface area contributed by atoms with Crippen LogP contribution in [-0.4, -0.2) is 221 Å². The number of likely N-dealkylation sites (tertiary alicyclic amines) is 1. The van der Waals surface area contributed by atoms with E-state index in [1.165, 1.54) is 97.5 Å². The van der Waals surface area contributed by atoms with E-state index in [0.29, 0.717) is 17.7 Å². The number of fused-ring (bicyclic) bond motifs is 4. The second kappa shape index (κ2) is 41.0. The van der Waals surface area contributed by atoms with Gasteiger partial charge < -0.3 is 36.2 Å². The Morgan fingerprint density at radius 3 is 1.14 bits per heavy atom. The molecular weight excluding hydrogens is 1690 g/mol. The number of likely N-dealkylation sites (N-methyl/N-ethyl adjacent to an activating group) is 2. The zero-order valence-corrected chi connectivity index (χ0v) is 77.9. The van der Waals surface area contributed by atoms with Gasteiger partial charge in [-0.3, -0.25) is 57.6 Å². The van der Waals surface area contributed by atoms with Crippen LogP contribution in [0.4, 0.5) is 43.3 Å². The Labute approximate surface area is 760 Å². The Balaban J connectivity index is 0.000000125. The van der Waals surface area contributed by atoms with Crippen LogP contribution in [0.15, 0.2) is 123 Å². The van der Waals surface area contributed by atoms with Crippen LogP contribution in [0.2, 0.25) is 0 Å². The predicted molar refractivity (Wildman–Crippen MR) is 506 cm³/mol. The van der Waals surface area contributed by atoms with Crippen molar-refractivity contribution in [3.63, 3.8) is 0 Å². The number of imidazole rings is 4. The van der Waals surface area contributed by atoms with Crippen LogP contribution >= 0.6 is 46.1 Å². The first-order valence-electron chi connectivity index (χ1n) is 44.4. The maximum Gasteiger partial charge on any atom is 0.180 e. The Hall–Kier alpha value is -11.2. The standard InChI is InChI=1S/C23H30N8OS.2C22H28N8OS.C22H30N8S/c1-3-30(23(15-32)7-5-4-6-8-23)14-18-9-20(33-29-18)28-21-22-24-12-19(17-10-25-26-11-17)31(22)13-16(2)27-21;1-3-29(22(14-31)6-4-5-7-22)13-17-8-19(32-28-17)27-20-21-23-11-18(16-9-24-25-10-16)30(21)12-15(2)26-20;1-3-31-14-18-6-4-5-7-29(18)13-17-8-20(32-28-17)27-21-22-23-11-19(16-9-24-25-10-16)30(22)12-15(2)26-21;1-6-8-29(22(4,5)7-2)14-17-9-19(31-28-17)27-20-21-23-12-18(16-10-24-25-11-16)30(21)13-15(3)26-20/h9-13,32H,3-8,14-15H2,1-2H3,(H,25,26)(H,27,28);8-12,31H,3-7,13-14H2,1-2H3,(H,24,25)(H,26,27);8-12,18H,3-7,13-14H2,1-2H3,(H,24,25)(H,26,27);9-13H,6-8,14H2,1-5H3,(H,24,25)(H,26,27)/t;;18-;/m..1./s1. The maximum atomic E-state index is 10.2. The molecule has 2 saturated carbocycles. The number of hydrogen-bond donors (Lipinski definition) is 10. The lowest BCUT2D eigenvalue weighted by Gasteiger charge is -2.45. The number of aromatic amines is 4. The summed E-state index contributed by atoms with van der Waals surface area (Å²) in [5.74, 6) is 2.85. The van der Waals surface area contributed by atoms with Crippen LogP contribution in [-0.2, 0) is 30.9 Å². The Morgan fingerprint density at radius 1 is 0.461 bits per heavy atom. The number of H-pyrrole nitrogens is 4. The molecular formula is C89H116N32O3S4. The summed E-state index contributed by atoms with van der Waals surface area (Å²) in [6.45, 7) is 32.5. The largest absolute Gasteiger partial charge is 0.394 e. The first kappa shape index (κ1) is 90.1. The summed E-state index contributed by atoms with van der Waals surface area (Å²) in [4.78, 5) is 47.0. The third kappa shape index (κ3) is 20.6.